The summed E-state index contributed by atoms with van der Waals surface area (Å²) in [6.45, 7) is 1.75. The van der Waals surface area contributed by atoms with Gasteiger partial charge in [0.05, 0.1) is 11.1 Å². The second-order valence-corrected chi connectivity index (χ2v) is 7.35. The van der Waals surface area contributed by atoms with E-state index >= 15 is 0 Å². The average Bonchev–Trinajstić information content (AvgIpc) is 2.74. The van der Waals surface area contributed by atoms with E-state index < -0.39 is 10.0 Å². The van der Waals surface area contributed by atoms with Crippen molar-refractivity contribution in [2.45, 2.75) is 11.1 Å². The van der Waals surface area contributed by atoms with E-state index in [0.29, 0.717) is 0 Å². The molecule has 0 radical (unpaired) electrons. The molecular formula is C12H11ClN2O2S2. The van der Waals surface area contributed by atoms with Gasteiger partial charge in [-0.25, -0.2) is 8.42 Å². The molecule has 7 heteroatoms. The molecule has 19 heavy (non-hydrogen) atoms. The minimum Gasteiger partial charge on any atom is -0.206 e. The van der Waals surface area contributed by atoms with Gasteiger partial charge in [-0.05, 0) is 6.07 Å². The van der Waals surface area contributed by atoms with E-state index in [0.717, 1.165) is 25.7 Å². The Bertz CT molecular complexity index is 747. The van der Waals surface area contributed by atoms with Crippen LogP contribution in [0, 0.1) is 11.3 Å². The number of nitrogens with zero attached hydrogens (tertiary/aromatic N) is 2. The number of nitriles is 1. The van der Waals surface area contributed by atoms with Crippen molar-refractivity contribution in [3.05, 3.63) is 29.3 Å². The summed E-state index contributed by atoms with van der Waals surface area (Å²) < 4.78 is 26.9. The molecule has 0 saturated heterocycles. The molecule has 2 aromatic rings. The SMILES string of the molecule is CCN(CC#N)S(=O)(=O)c1sc2ccccc2c1Cl. The Hall–Kier alpha value is -1.13. The Morgan fingerprint density at radius 1 is 1.42 bits per heavy atom. The maximum Gasteiger partial charge on any atom is 0.255 e. The maximum absolute atomic E-state index is 12.4. The Kier molecular flexibility index (Phi) is 4.11. The fraction of sp³-hybridized carbons (Fsp3) is 0.250. The quantitative estimate of drug-likeness (QED) is 0.815. The van der Waals surface area contributed by atoms with E-state index in [1.165, 1.54) is 0 Å². The first kappa shape index (κ1) is 14.3. The Morgan fingerprint density at radius 3 is 2.68 bits per heavy atom. The summed E-state index contributed by atoms with van der Waals surface area (Å²) >= 11 is 7.29. The summed E-state index contributed by atoms with van der Waals surface area (Å²) in [6.07, 6.45) is 0. The smallest absolute Gasteiger partial charge is 0.206 e. The van der Waals surface area contributed by atoms with E-state index in [9.17, 15) is 8.42 Å². The van der Waals surface area contributed by atoms with Crippen LogP contribution in [-0.4, -0.2) is 25.8 Å². The topological polar surface area (TPSA) is 61.2 Å². The molecule has 0 unspecified atom stereocenters. The largest absolute Gasteiger partial charge is 0.255 e. The van der Waals surface area contributed by atoms with Crippen LogP contribution in [0.5, 0.6) is 0 Å². The zero-order valence-corrected chi connectivity index (χ0v) is 12.5. The van der Waals surface area contributed by atoms with Crippen molar-refractivity contribution < 1.29 is 8.42 Å². The van der Waals surface area contributed by atoms with Crippen LogP contribution in [0.25, 0.3) is 10.1 Å². The highest BCUT2D eigenvalue weighted by Gasteiger charge is 2.28. The zero-order chi connectivity index (χ0) is 14.0. The highest BCUT2D eigenvalue weighted by molar-refractivity contribution is 7.91. The van der Waals surface area contributed by atoms with E-state index in [2.05, 4.69) is 0 Å². The average molecular weight is 315 g/mol. The van der Waals surface area contributed by atoms with Gasteiger partial charge in [0.25, 0.3) is 10.0 Å². The van der Waals surface area contributed by atoms with E-state index in [1.807, 2.05) is 24.3 Å². The molecular weight excluding hydrogens is 304 g/mol. The molecule has 1 aromatic heterocycles. The van der Waals surface area contributed by atoms with E-state index in [1.54, 1.807) is 13.0 Å². The van der Waals surface area contributed by atoms with Crippen molar-refractivity contribution in [2.75, 3.05) is 13.1 Å². The minimum atomic E-state index is -3.71. The van der Waals surface area contributed by atoms with Crippen LogP contribution >= 0.6 is 22.9 Å². The predicted octanol–water partition coefficient (Wildman–Crippen LogP) is 3.09. The maximum atomic E-state index is 12.4. The Morgan fingerprint density at radius 2 is 2.11 bits per heavy atom. The van der Waals surface area contributed by atoms with Crippen molar-refractivity contribution in [1.82, 2.24) is 4.31 Å². The zero-order valence-electron chi connectivity index (χ0n) is 10.1. The molecule has 0 aliphatic heterocycles. The first-order valence-corrected chi connectivity index (χ1v) is 8.20. The van der Waals surface area contributed by atoms with Crippen LogP contribution < -0.4 is 0 Å². The molecule has 0 bridgehead atoms. The molecule has 1 aromatic carbocycles. The number of hydrogen-bond donors (Lipinski definition) is 0. The molecule has 1 heterocycles. The van der Waals surface area contributed by atoms with Gasteiger partial charge in [-0.1, -0.05) is 36.7 Å². The minimum absolute atomic E-state index is 0.104. The van der Waals surface area contributed by atoms with Gasteiger partial charge in [0.1, 0.15) is 6.54 Å². The van der Waals surface area contributed by atoms with Crippen molar-refractivity contribution in [1.29, 1.82) is 5.26 Å². The summed E-state index contributed by atoms with van der Waals surface area (Å²) in [4.78, 5) is 0. The lowest BCUT2D eigenvalue weighted by Gasteiger charge is -2.15. The van der Waals surface area contributed by atoms with Gasteiger partial charge in [0, 0.05) is 16.6 Å². The lowest BCUT2D eigenvalue weighted by atomic mass is 10.3. The number of sulfonamides is 1. The number of halogens is 1. The number of benzene rings is 1. The summed E-state index contributed by atoms with van der Waals surface area (Å²) in [7, 11) is -3.71. The van der Waals surface area contributed by atoms with Crippen LogP contribution in [0.2, 0.25) is 5.02 Å². The standard InChI is InChI=1S/C12H11ClN2O2S2/c1-2-15(8-7-14)19(16,17)12-11(13)9-5-3-4-6-10(9)18-12/h3-6H,2,8H2,1H3. The van der Waals surface area contributed by atoms with Crippen molar-refractivity contribution in [2.24, 2.45) is 0 Å². The van der Waals surface area contributed by atoms with Gasteiger partial charge in [-0.3, -0.25) is 0 Å². The molecule has 0 amide bonds. The molecule has 4 nitrogen and oxygen atoms in total. The van der Waals surface area contributed by atoms with Crippen molar-refractivity contribution in [3.8, 4) is 6.07 Å². The van der Waals surface area contributed by atoms with Crippen LogP contribution in [-0.2, 0) is 10.0 Å². The number of hydrogen-bond acceptors (Lipinski definition) is 4. The van der Waals surface area contributed by atoms with Crippen molar-refractivity contribution in [3.63, 3.8) is 0 Å². The predicted molar refractivity (Wildman–Crippen MR) is 76.9 cm³/mol. The third kappa shape index (κ3) is 2.47. The lowest BCUT2D eigenvalue weighted by molar-refractivity contribution is 0.464. The highest BCUT2D eigenvalue weighted by Crippen LogP contribution is 2.39. The monoisotopic (exact) mass is 314 g/mol. The number of fused-ring (bicyclic) bond motifs is 1. The van der Waals surface area contributed by atoms with Crippen molar-refractivity contribution >= 4 is 43.0 Å². The van der Waals surface area contributed by atoms with Crippen LogP contribution in [0.15, 0.2) is 28.5 Å². The van der Waals surface area contributed by atoms with Gasteiger partial charge in [-0.2, -0.15) is 9.57 Å². The molecule has 0 aliphatic rings. The van der Waals surface area contributed by atoms with Gasteiger partial charge in [0.2, 0.25) is 0 Å². The molecule has 0 fully saturated rings. The second kappa shape index (κ2) is 5.47. The molecule has 2 rings (SSSR count). The summed E-state index contributed by atoms with van der Waals surface area (Å²) in [5, 5.41) is 9.66. The normalized spacial score (nSPS) is 11.9. The van der Waals surface area contributed by atoms with Gasteiger partial charge >= 0.3 is 0 Å². The molecule has 0 spiro atoms. The van der Waals surface area contributed by atoms with Crippen LogP contribution in [0.4, 0.5) is 0 Å². The van der Waals surface area contributed by atoms with E-state index in [4.69, 9.17) is 16.9 Å². The fourth-order valence-corrected chi connectivity index (χ4v) is 5.32. The lowest BCUT2D eigenvalue weighted by Crippen LogP contribution is -2.30. The molecule has 0 aliphatic carbocycles. The van der Waals surface area contributed by atoms with Crippen LogP contribution in [0.1, 0.15) is 6.92 Å². The van der Waals surface area contributed by atoms with Crippen LogP contribution in [0.3, 0.4) is 0 Å². The highest BCUT2D eigenvalue weighted by atomic mass is 35.5. The first-order valence-electron chi connectivity index (χ1n) is 5.56. The van der Waals surface area contributed by atoms with Gasteiger partial charge < -0.3 is 0 Å². The summed E-state index contributed by atoms with van der Waals surface area (Å²) in [6, 6.07) is 9.11. The van der Waals surface area contributed by atoms with Gasteiger partial charge in [0.15, 0.2) is 4.21 Å². The summed E-state index contributed by atoms with van der Waals surface area (Å²) in [5.41, 5.74) is 0. The number of thiophene rings is 1. The third-order valence-corrected chi connectivity index (χ3v) is 6.88. The first-order chi connectivity index (χ1) is 9.02. The molecule has 0 saturated carbocycles. The fourth-order valence-electron chi connectivity index (χ4n) is 1.72. The number of rotatable bonds is 4. The third-order valence-electron chi connectivity index (χ3n) is 2.68. The Labute approximate surface area is 120 Å². The summed E-state index contributed by atoms with van der Waals surface area (Å²) in [5.74, 6) is 0. The second-order valence-electron chi connectivity index (χ2n) is 3.79. The van der Waals surface area contributed by atoms with E-state index in [-0.39, 0.29) is 22.3 Å². The molecule has 0 N–H and O–H groups in total. The molecule has 0 atom stereocenters. The van der Waals surface area contributed by atoms with Gasteiger partial charge in [-0.15, -0.1) is 11.3 Å². The molecule has 100 valence electrons. The Balaban J connectivity index is 2.61.